The molecule has 182 valence electrons. The zero-order valence-corrected chi connectivity index (χ0v) is 19.6. The van der Waals surface area contributed by atoms with Gasteiger partial charge in [0.15, 0.2) is 0 Å². The van der Waals surface area contributed by atoms with Crippen LogP contribution in [0.2, 0.25) is 0 Å². The summed E-state index contributed by atoms with van der Waals surface area (Å²) in [5.41, 5.74) is 0.769. The molecule has 0 bridgehead atoms. The molecular formula is C25H32N4O5. The van der Waals surface area contributed by atoms with Crippen LogP contribution in [0.5, 0.6) is 0 Å². The molecule has 9 nitrogen and oxygen atoms in total. The number of piperidine rings is 1. The maximum absolute atomic E-state index is 13.3. The number of rotatable bonds is 3. The Bertz CT molecular complexity index is 1010. The van der Waals surface area contributed by atoms with Crippen LogP contribution >= 0.6 is 0 Å². The van der Waals surface area contributed by atoms with Crippen molar-refractivity contribution < 1.29 is 23.6 Å². The van der Waals surface area contributed by atoms with E-state index in [-0.39, 0.29) is 23.5 Å². The van der Waals surface area contributed by atoms with Gasteiger partial charge in [-0.3, -0.25) is 9.59 Å². The molecule has 5 rings (SSSR count). The third-order valence-electron chi connectivity index (χ3n) is 6.96. The molecule has 4 heterocycles. The molecule has 0 radical (unpaired) electrons. The van der Waals surface area contributed by atoms with Crippen LogP contribution in [0.4, 0.5) is 0 Å². The van der Waals surface area contributed by atoms with Crippen molar-refractivity contribution in [3.8, 4) is 11.3 Å². The first-order chi connectivity index (χ1) is 16.5. The smallest absolute Gasteiger partial charge is 0.292 e. The lowest BCUT2D eigenvalue weighted by atomic mass is 9.95. The van der Waals surface area contributed by atoms with E-state index < -0.39 is 5.60 Å². The van der Waals surface area contributed by atoms with Crippen LogP contribution in [-0.2, 0) is 14.3 Å². The molecule has 2 amide bonds. The summed E-state index contributed by atoms with van der Waals surface area (Å²) in [7, 11) is 2.06. The molecule has 34 heavy (non-hydrogen) atoms. The highest BCUT2D eigenvalue weighted by atomic mass is 16.5. The van der Waals surface area contributed by atoms with Gasteiger partial charge in [-0.15, -0.1) is 0 Å². The number of morpholine rings is 1. The first-order valence-corrected chi connectivity index (χ1v) is 12.0. The van der Waals surface area contributed by atoms with Crippen LogP contribution in [0.3, 0.4) is 0 Å². The van der Waals surface area contributed by atoms with Crippen LogP contribution in [0.15, 0.2) is 40.9 Å². The maximum Gasteiger partial charge on any atom is 0.292 e. The number of carbonyl (C=O) groups excluding carboxylic acids is 2. The highest BCUT2D eigenvalue weighted by Gasteiger charge is 2.44. The summed E-state index contributed by atoms with van der Waals surface area (Å²) in [6.07, 6.45) is 1.94. The highest BCUT2D eigenvalue weighted by molar-refractivity contribution is 5.92. The minimum atomic E-state index is -0.747. The van der Waals surface area contributed by atoms with Crippen molar-refractivity contribution in [3.05, 3.63) is 42.2 Å². The van der Waals surface area contributed by atoms with Gasteiger partial charge in [0.1, 0.15) is 11.3 Å². The first kappa shape index (κ1) is 23.0. The molecule has 3 fully saturated rings. The van der Waals surface area contributed by atoms with Crippen molar-refractivity contribution in [3.63, 3.8) is 0 Å². The van der Waals surface area contributed by atoms with E-state index in [1.807, 2.05) is 35.2 Å². The molecule has 2 atom stereocenters. The Morgan fingerprint density at radius 1 is 1.06 bits per heavy atom. The molecule has 9 heteroatoms. The van der Waals surface area contributed by atoms with Gasteiger partial charge >= 0.3 is 0 Å². The molecule has 0 saturated carbocycles. The molecule has 1 aromatic carbocycles. The predicted molar refractivity (Wildman–Crippen MR) is 124 cm³/mol. The second-order valence-corrected chi connectivity index (χ2v) is 9.61. The maximum atomic E-state index is 13.3. The Labute approximate surface area is 199 Å². The van der Waals surface area contributed by atoms with Crippen molar-refractivity contribution >= 4 is 11.8 Å². The van der Waals surface area contributed by atoms with E-state index in [0.717, 1.165) is 31.5 Å². The largest absolute Gasteiger partial charge is 0.376 e. The number of amides is 2. The van der Waals surface area contributed by atoms with E-state index >= 15 is 0 Å². The Hall–Kier alpha value is -2.75. The van der Waals surface area contributed by atoms with Gasteiger partial charge in [-0.1, -0.05) is 35.5 Å². The lowest BCUT2D eigenvalue weighted by molar-refractivity contribution is -0.150. The molecule has 1 spiro atoms. The van der Waals surface area contributed by atoms with Gasteiger partial charge in [-0.05, 0) is 26.4 Å². The summed E-state index contributed by atoms with van der Waals surface area (Å²) in [6.45, 7) is 4.75. The lowest BCUT2D eigenvalue weighted by Gasteiger charge is -2.43. The van der Waals surface area contributed by atoms with Crippen molar-refractivity contribution in [1.82, 2.24) is 19.9 Å². The van der Waals surface area contributed by atoms with Gasteiger partial charge in [-0.25, -0.2) is 0 Å². The summed E-state index contributed by atoms with van der Waals surface area (Å²) in [6, 6.07) is 11.3. The fraction of sp³-hybridized carbons (Fsp3) is 0.560. The number of aromatic nitrogens is 1. The van der Waals surface area contributed by atoms with Gasteiger partial charge in [-0.2, -0.15) is 0 Å². The molecule has 0 aliphatic carbocycles. The zero-order chi connectivity index (χ0) is 23.5. The first-order valence-electron chi connectivity index (χ1n) is 12.0. The number of ether oxygens (including phenoxy) is 2. The number of hydrogen-bond acceptors (Lipinski definition) is 7. The van der Waals surface area contributed by atoms with Gasteiger partial charge in [0, 0.05) is 31.3 Å². The number of carbonyl (C=O) groups is 2. The second-order valence-electron chi connectivity index (χ2n) is 9.61. The summed E-state index contributed by atoms with van der Waals surface area (Å²) in [5.74, 6) is 0.129. The average Bonchev–Trinajstić information content (AvgIpc) is 3.27. The molecule has 2 unspecified atom stereocenters. The molecule has 2 aromatic rings. The third kappa shape index (κ3) is 4.87. The topological polar surface area (TPSA) is 88.4 Å². The normalized spacial score (nSPS) is 26.4. The highest BCUT2D eigenvalue weighted by Crippen LogP contribution is 2.27. The van der Waals surface area contributed by atoms with Gasteiger partial charge < -0.3 is 28.7 Å². The summed E-state index contributed by atoms with van der Waals surface area (Å²) in [5, 5.41) is 4.08. The van der Waals surface area contributed by atoms with E-state index in [2.05, 4.69) is 17.1 Å². The molecule has 3 aliphatic rings. The number of hydrogen-bond donors (Lipinski definition) is 0. The molecule has 1 aromatic heterocycles. The van der Waals surface area contributed by atoms with E-state index in [4.69, 9.17) is 14.0 Å². The van der Waals surface area contributed by atoms with Crippen molar-refractivity contribution in [2.45, 2.75) is 18.4 Å². The number of nitrogens with zero attached hydrogens (tertiary/aromatic N) is 4. The Balaban J connectivity index is 1.29. The van der Waals surface area contributed by atoms with Crippen molar-refractivity contribution in [1.29, 1.82) is 0 Å². The average molecular weight is 469 g/mol. The summed E-state index contributed by atoms with van der Waals surface area (Å²) >= 11 is 0. The molecule has 0 N–H and O–H groups in total. The molecule has 3 aliphatic heterocycles. The van der Waals surface area contributed by atoms with E-state index in [1.165, 1.54) is 0 Å². The monoisotopic (exact) mass is 468 g/mol. The van der Waals surface area contributed by atoms with Crippen LogP contribution in [-0.4, -0.2) is 103 Å². The predicted octanol–water partition coefficient (Wildman–Crippen LogP) is 1.75. The summed E-state index contributed by atoms with van der Waals surface area (Å²) in [4.78, 5) is 32.4. The summed E-state index contributed by atoms with van der Waals surface area (Å²) < 4.78 is 17.5. The van der Waals surface area contributed by atoms with Crippen molar-refractivity contribution in [2.24, 2.45) is 5.92 Å². The Kier molecular flexibility index (Phi) is 6.67. The Morgan fingerprint density at radius 2 is 1.85 bits per heavy atom. The van der Waals surface area contributed by atoms with Crippen LogP contribution in [0.1, 0.15) is 23.4 Å². The third-order valence-corrected chi connectivity index (χ3v) is 6.96. The van der Waals surface area contributed by atoms with Gasteiger partial charge in [0.05, 0.1) is 38.8 Å². The minimum Gasteiger partial charge on any atom is -0.376 e. The van der Waals surface area contributed by atoms with E-state index in [0.29, 0.717) is 51.7 Å². The molecular weight excluding hydrogens is 436 g/mol. The van der Waals surface area contributed by atoms with Crippen LogP contribution < -0.4 is 0 Å². The SMILES string of the molecule is CN1CCCC(C(=O)N2CCOCC3(CN(C(=O)c4cc(-c5ccccc5)no4)CCO3)C2)C1. The molecule has 3 saturated heterocycles. The Morgan fingerprint density at radius 3 is 2.68 bits per heavy atom. The number of likely N-dealkylation sites (tertiary alicyclic amines) is 1. The fourth-order valence-electron chi connectivity index (χ4n) is 5.20. The van der Waals surface area contributed by atoms with Gasteiger partial charge in [0.2, 0.25) is 11.7 Å². The van der Waals surface area contributed by atoms with Gasteiger partial charge in [0.25, 0.3) is 5.91 Å². The van der Waals surface area contributed by atoms with E-state index in [9.17, 15) is 9.59 Å². The minimum absolute atomic E-state index is 0.000765. The quantitative estimate of drug-likeness (QED) is 0.678. The van der Waals surface area contributed by atoms with E-state index in [1.54, 1.807) is 11.0 Å². The second kappa shape index (κ2) is 9.85. The van der Waals surface area contributed by atoms with Crippen molar-refractivity contribution in [2.75, 3.05) is 66.1 Å². The zero-order valence-electron chi connectivity index (χ0n) is 19.6. The standard InChI is InChI=1S/C25H32N4O5/c1-27-9-5-8-20(15-27)23(30)28-10-12-32-18-25(16-28)17-29(11-13-33-25)24(31)22-14-21(26-34-22)19-6-3-2-4-7-19/h2-4,6-7,14,20H,5,8-13,15-18H2,1H3. The lowest BCUT2D eigenvalue weighted by Crippen LogP contribution is -2.61. The van der Waals surface area contributed by atoms with Crippen LogP contribution in [0.25, 0.3) is 11.3 Å². The number of benzene rings is 1. The fourth-order valence-corrected chi connectivity index (χ4v) is 5.20. The van der Waals surface area contributed by atoms with Crippen LogP contribution in [0, 0.1) is 5.92 Å².